The molecule has 3 unspecified atom stereocenters. The van der Waals surface area contributed by atoms with E-state index < -0.39 is 12.0 Å². The van der Waals surface area contributed by atoms with E-state index in [1.165, 1.54) is 7.11 Å². The molecule has 1 aliphatic rings. The van der Waals surface area contributed by atoms with Crippen molar-refractivity contribution in [2.75, 3.05) is 7.11 Å². The molecule has 0 saturated heterocycles. The van der Waals surface area contributed by atoms with Crippen LogP contribution in [0.4, 0.5) is 0 Å². The van der Waals surface area contributed by atoms with Crippen LogP contribution in [0.3, 0.4) is 0 Å². The normalized spacial score (nSPS) is 19.8. The van der Waals surface area contributed by atoms with Crippen molar-refractivity contribution < 1.29 is 14.3 Å². The number of rotatable bonds is 7. The molecule has 3 N–H and O–H groups in total. The van der Waals surface area contributed by atoms with Crippen molar-refractivity contribution >= 4 is 11.9 Å². The van der Waals surface area contributed by atoms with Gasteiger partial charge in [-0.25, -0.2) is 4.79 Å². The highest BCUT2D eigenvalue weighted by Gasteiger charge is 2.32. The van der Waals surface area contributed by atoms with Crippen LogP contribution >= 0.6 is 0 Å². The minimum atomic E-state index is -0.570. The van der Waals surface area contributed by atoms with E-state index in [0.29, 0.717) is 5.92 Å². The summed E-state index contributed by atoms with van der Waals surface area (Å²) in [5.74, 6) is -0.0164. The van der Waals surface area contributed by atoms with Gasteiger partial charge in [0.1, 0.15) is 6.04 Å². The van der Waals surface area contributed by atoms with E-state index in [-0.39, 0.29) is 24.3 Å². The summed E-state index contributed by atoms with van der Waals surface area (Å²) in [5.41, 5.74) is 5.90. The predicted molar refractivity (Wildman–Crippen MR) is 68.7 cm³/mol. The fraction of sp³-hybridized carbons (Fsp3) is 0.846. The lowest BCUT2D eigenvalue weighted by Gasteiger charge is -2.22. The lowest BCUT2D eigenvalue weighted by Crippen LogP contribution is -2.47. The highest BCUT2D eigenvalue weighted by molar-refractivity contribution is 5.84. The molecule has 3 atom stereocenters. The Morgan fingerprint density at radius 2 is 2.06 bits per heavy atom. The number of methoxy groups -OCH3 is 1. The molecular weight excluding hydrogens is 232 g/mol. The van der Waals surface area contributed by atoms with Gasteiger partial charge in [-0.2, -0.15) is 0 Å². The van der Waals surface area contributed by atoms with E-state index >= 15 is 0 Å². The minimum Gasteiger partial charge on any atom is -0.467 e. The van der Waals surface area contributed by atoms with Crippen LogP contribution in [0.25, 0.3) is 0 Å². The van der Waals surface area contributed by atoms with Crippen molar-refractivity contribution in [1.29, 1.82) is 0 Å². The number of esters is 1. The van der Waals surface area contributed by atoms with Crippen molar-refractivity contribution in [3.05, 3.63) is 0 Å². The van der Waals surface area contributed by atoms with Crippen molar-refractivity contribution in [3.63, 3.8) is 0 Å². The monoisotopic (exact) mass is 256 g/mol. The Labute approximate surface area is 108 Å². The van der Waals surface area contributed by atoms with Crippen molar-refractivity contribution in [1.82, 2.24) is 5.32 Å². The Balaban J connectivity index is 2.48. The molecule has 1 fully saturated rings. The highest BCUT2D eigenvalue weighted by atomic mass is 16.5. The number of carbonyl (C=O) groups excluding carboxylic acids is 2. The first kappa shape index (κ1) is 15.0. The van der Waals surface area contributed by atoms with Gasteiger partial charge in [-0.05, 0) is 24.7 Å². The van der Waals surface area contributed by atoms with Crippen LogP contribution in [0.2, 0.25) is 0 Å². The van der Waals surface area contributed by atoms with Crippen molar-refractivity contribution in [2.24, 2.45) is 17.6 Å². The Morgan fingerprint density at radius 1 is 1.44 bits per heavy atom. The molecule has 1 rings (SSSR count). The molecule has 0 aromatic rings. The molecule has 5 nitrogen and oxygen atoms in total. The van der Waals surface area contributed by atoms with E-state index in [1.54, 1.807) is 0 Å². The van der Waals surface area contributed by atoms with Crippen LogP contribution in [0.5, 0.6) is 0 Å². The van der Waals surface area contributed by atoms with Gasteiger partial charge in [-0.15, -0.1) is 0 Å². The third-order valence-electron chi connectivity index (χ3n) is 3.63. The number of ether oxygens (including phenoxy) is 1. The maximum Gasteiger partial charge on any atom is 0.328 e. The average Bonchev–Trinajstić information content (AvgIpc) is 3.18. The van der Waals surface area contributed by atoms with Gasteiger partial charge >= 0.3 is 5.97 Å². The SMILES string of the molecule is CCC(C)C(NC(=O)CC(N)C1CC1)C(=O)OC. The van der Waals surface area contributed by atoms with Crippen LogP contribution in [0, 0.1) is 11.8 Å². The van der Waals surface area contributed by atoms with Crippen LogP contribution in [0.1, 0.15) is 39.5 Å². The molecular formula is C13H24N2O3. The van der Waals surface area contributed by atoms with Gasteiger partial charge in [0, 0.05) is 12.5 Å². The summed E-state index contributed by atoms with van der Waals surface area (Å²) in [6.45, 7) is 3.89. The van der Waals surface area contributed by atoms with Gasteiger partial charge in [0.05, 0.1) is 7.11 Å². The quantitative estimate of drug-likeness (QED) is 0.661. The second-order valence-electron chi connectivity index (χ2n) is 5.16. The van der Waals surface area contributed by atoms with Crippen LogP contribution in [0.15, 0.2) is 0 Å². The Kier molecular flexibility index (Phi) is 5.59. The maximum absolute atomic E-state index is 11.8. The van der Waals surface area contributed by atoms with Crippen LogP contribution < -0.4 is 11.1 Å². The van der Waals surface area contributed by atoms with Crippen LogP contribution in [-0.2, 0) is 14.3 Å². The van der Waals surface area contributed by atoms with E-state index in [1.807, 2.05) is 13.8 Å². The molecule has 18 heavy (non-hydrogen) atoms. The molecule has 104 valence electrons. The van der Waals surface area contributed by atoms with Crippen molar-refractivity contribution in [3.8, 4) is 0 Å². The van der Waals surface area contributed by atoms with E-state index in [4.69, 9.17) is 10.5 Å². The van der Waals surface area contributed by atoms with Gasteiger partial charge in [0.25, 0.3) is 0 Å². The third-order valence-corrected chi connectivity index (χ3v) is 3.63. The number of carbonyl (C=O) groups is 2. The summed E-state index contributed by atoms with van der Waals surface area (Å²) in [5, 5.41) is 2.74. The number of hydrogen-bond donors (Lipinski definition) is 2. The van der Waals surface area contributed by atoms with Gasteiger partial charge in [-0.1, -0.05) is 20.3 Å². The Hall–Kier alpha value is -1.10. The first-order valence-corrected chi connectivity index (χ1v) is 6.62. The van der Waals surface area contributed by atoms with Crippen molar-refractivity contribution in [2.45, 2.75) is 51.6 Å². The molecule has 0 aliphatic heterocycles. The molecule has 0 radical (unpaired) electrons. The average molecular weight is 256 g/mol. The summed E-state index contributed by atoms with van der Waals surface area (Å²) in [6, 6.07) is -0.654. The van der Waals surface area contributed by atoms with Gasteiger partial charge in [-0.3, -0.25) is 4.79 Å². The summed E-state index contributed by atoms with van der Waals surface area (Å²) in [6.07, 6.45) is 3.31. The molecule has 0 aromatic heterocycles. The van der Waals surface area contributed by atoms with Gasteiger partial charge in [0.2, 0.25) is 5.91 Å². The minimum absolute atomic E-state index is 0.0542. The zero-order valence-electron chi connectivity index (χ0n) is 11.4. The second kappa shape index (κ2) is 6.73. The summed E-state index contributed by atoms with van der Waals surface area (Å²) >= 11 is 0. The Morgan fingerprint density at radius 3 is 2.50 bits per heavy atom. The van der Waals surface area contributed by atoms with E-state index in [9.17, 15) is 9.59 Å². The Bertz CT molecular complexity index is 303. The predicted octanol–water partition coefficient (Wildman–Crippen LogP) is 0.818. The topological polar surface area (TPSA) is 81.4 Å². The molecule has 0 bridgehead atoms. The maximum atomic E-state index is 11.8. The molecule has 5 heteroatoms. The van der Waals surface area contributed by atoms with Gasteiger partial charge < -0.3 is 15.8 Å². The van der Waals surface area contributed by atoms with Gasteiger partial charge in [0.15, 0.2) is 0 Å². The summed E-state index contributed by atoms with van der Waals surface area (Å²) < 4.78 is 4.72. The molecule has 1 amide bonds. The standard InChI is InChI=1S/C13H24N2O3/c1-4-8(2)12(13(17)18-3)15-11(16)7-10(14)9-5-6-9/h8-10,12H,4-7,14H2,1-3H3,(H,15,16). The molecule has 0 heterocycles. The summed E-state index contributed by atoms with van der Waals surface area (Å²) in [4.78, 5) is 23.4. The zero-order chi connectivity index (χ0) is 13.7. The molecule has 1 saturated carbocycles. The fourth-order valence-corrected chi connectivity index (χ4v) is 1.93. The largest absolute Gasteiger partial charge is 0.467 e. The molecule has 1 aliphatic carbocycles. The second-order valence-corrected chi connectivity index (χ2v) is 5.16. The summed E-state index contributed by atoms with van der Waals surface area (Å²) in [7, 11) is 1.33. The fourth-order valence-electron chi connectivity index (χ4n) is 1.93. The number of hydrogen-bond acceptors (Lipinski definition) is 4. The number of nitrogens with two attached hydrogens (primary N) is 1. The molecule has 0 aromatic carbocycles. The van der Waals surface area contributed by atoms with E-state index in [0.717, 1.165) is 19.3 Å². The zero-order valence-corrected chi connectivity index (χ0v) is 11.4. The third kappa shape index (κ3) is 4.29. The smallest absolute Gasteiger partial charge is 0.328 e. The lowest BCUT2D eigenvalue weighted by atomic mass is 9.98. The number of nitrogens with one attached hydrogen (secondary N) is 1. The van der Waals surface area contributed by atoms with Crippen LogP contribution in [-0.4, -0.2) is 31.1 Å². The number of amides is 1. The first-order chi connectivity index (χ1) is 8.49. The van der Waals surface area contributed by atoms with E-state index in [2.05, 4.69) is 5.32 Å². The highest BCUT2D eigenvalue weighted by Crippen LogP contribution is 2.32. The molecule has 0 spiro atoms. The first-order valence-electron chi connectivity index (χ1n) is 6.62. The lowest BCUT2D eigenvalue weighted by molar-refractivity contribution is -0.146.